The summed E-state index contributed by atoms with van der Waals surface area (Å²) in [5.74, 6) is 5.65. The Kier molecular flexibility index (Phi) is 4.77. The van der Waals surface area contributed by atoms with Crippen LogP contribution in [0.4, 0.5) is 5.82 Å². The highest BCUT2D eigenvalue weighted by molar-refractivity contribution is 6.30. The first kappa shape index (κ1) is 15.3. The Hall–Kier alpha value is -2.11. The quantitative estimate of drug-likeness (QED) is 0.673. The lowest BCUT2D eigenvalue weighted by Gasteiger charge is -2.25. The molecule has 5 nitrogen and oxygen atoms in total. The number of anilines is 1. The maximum absolute atomic E-state index is 12.4. The van der Waals surface area contributed by atoms with Gasteiger partial charge in [0.15, 0.2) is 0 Å². The molecule has 0 radical (unpaired) electrons. The summed E-state index contributed by atoms with van der Waals surface area (Å²) in [6, 6.07) is 10.7. The molecule has 0 bridgehead atoms. The van der Waals surface area contributed by atoms with Gasteiger partial charge in [-0.1, -0.05) is 23.7 Å². The van der Waals surface area contributed by atoms with E-state index in [9.17, 15) is 4.79 Å². The van der Waals surface area contributed by atoms with E-state index in [-0.39, 0.29) is 11.9 Å². The molecule has 0 aliphatic carbocycles. The molecular formula is C15H17ClN4O. The zero-order valence-electron chi connectivity index (χ0n) is 11.9. The Morgan fingerprint density at radius 3 is 2.71 bits per heavy atom. The predicted molar refractivity (Wildman–Crippen MR) is 84.0 cm³/mol. The van der Waals surface area contributed by atoms with E-state index < -0.39 is 0 Å². The molecule has 0 saturated carbocycles. The summed E-state index contributed by atoms with van der Waals surface area (Å²) in [7, 11) is 1.75. The van der Waals surface area contributed by atoms with Crippen molar-refractivity contribution in [2.75, 3.05) is 12.5 Å². The molecule has 0 aliphatic rings. The Morgan fingerprint density at radius 1 is 1.38 bits per heavy atom. The van der Waals surface area contributed by atoms with Crippen LogP contribution in [-0.4, -0.2) is 22.8 Å². The number of nitrogens with two attached hydrogens (primary N) is 1. The summed E-state index contributed by atoms with van der Waals surface area (Å²) in [5, 5.41) is 0.653. The standard InChI is InChI=1S/C15H17ClN4O/c1-10(11-4-3-5-13(16)8-11)20(2)15(21)12-6-7-14(19-17)18-9-12/h3-10H,17H2,1-2H3,(H,18,19). The van der Waals surface area contributed by atoms with Crippen LogP contribution in [0.2, 0.25) is 5.02 Å². The number of pyridine rings is 1. The van der Waals surface area contributed by atoms with Crippen LogP contribution in [0, 0.1) is 0 Å². The summed E-state index contributed by atoms with van der Waals surface area (Å²) in [6.07, 6.45) is 1.50. The summed E-state index contributed by atoms with van der Waals surface area (Å²) in [6.45, 7) is 1.95. The van der Waals surface area contributed by atoms with Crippen LogP contribution in [0.15, 0.2) is 42.6 Å². The number of hydrogen-bond acceptors (Lipinski definition) is 4. The highest BCUT2D eigenvalue weighted by atomic mass is 35.5. The van der Waals surface area contributed by atoms with Gasteiger partial charge in [-0.3, -0.25) is 4.79 Å². The zero-order chi connectivity index (χ0) is 15.4. The fourth-order valence-corrected chi connectivity index (χ4v) is 2.17. The van der Waals surface area contributed by atoms with Crippen molar-refractivity contribution in [2.45, 2.75) is 13.0 Å². The minimum atomic E-state index is -0.112. The maximum Gasteiger partial charge on any atom is 0.255 e. The number of hydrazine groups is 1. The van der Waals surface area contributed by atoms with Crippen LogP contribution in [0.5, 0.6) is 0 Å². The summed E-state index contributed by atoms with van der Waals surface area (Å²) >= 11 is 5.99. The smallest absolute Gasteiger partial charge is 0.255 e. The second-order valence-electron chi connectivity index (χ2n) is 4.72. The van der Waals surface area contributed by atoms with Gasteiger partial charge in [0, 0.05) is 18.3 Å². The number of nitrogen functional groups attached to an aromatic ring is 1. The van der Waals surface area contributed by atoms with E-state index in [0.29, 0.717) is 16.4 Å². The van der Waals surface area contributed by atoms with Gasteiger partial charge >= 0.3 is 0 Å². The van der Waals surface area contributed by atoms with E-state index in [4.69, 9.17) is 17.4 Å². The fraction of sp³-hybridized carbons (Fsp3) is 0.200. The number of nitrogens with one attached hydrogen (secondary N) is 1. The van der Waals surface area contributed by atoms with E-state index in [0.717, 1.165) is 5.56 Å². The van der Waals surface area contributed by atoms with Gasteiger partial charge in [0.2, 0.25) is 0 Å². The van der Waals surface area contributed by atoms with Gasteiger partial charge in [0.05, 0.1) is 11.6 Å². The molecule has 2 rings (SSSR count). The van der Waals surface area contributed by atoms with Crippen LogP contribution in [0.3, 0.4) is 0 Å². The summed E-state index contributed by atoms with van der Waals surface area (Å²) in [4.78, 5) is 18.1. The minimum Gasteiger partial charge on any atom is -0.335 e. The van der Waals surface area contributed by atoms with Crippen LogP contribution >= 0.6 is 11.6 Å². The molecule has 1 atom stereocenters. The van der Waals surface area contributed by atoms with Crippen LogP contribution in [0.25, 0.3) is 0 Å². The average Bonchev–Trinajstić information content (AvgIpc) is 2.53. The molecule has 1 aromatic heterocycles. The molecule has 0 fully saturated rings. The summed E-state index contributed by atoms with van der Waals surface area (Å²) in [5.41, 5.74) is 3.91. The average molecular weight is 305 g/mol. The lowest BCUT2D eigenvalue weighted by molar-refractivity contribution is 0.0742. The van der Waals surface area contributed by atoms with Gasteiger partial charge in [0.1, 0.15) is 5.82 Å². The molecule has 1 unspecified atom stereocenters. The van der Waals surface area contributed by atoms with Crippen molar-refractivity contribution in [2.24, 2.45) is 5.84 Å². The van der Waals surface area contributed by atoms with E-state index in [2.05, 4.69) is 10.4 Å². The molecule has 0 spiro atoms. The Balaban J connectivity index is 2.17. The van der Waals surface area contributed by atoms with Crippen LogP contribution in [0.1, 0.15) is 28.9 Å². The van der Waals surface area contributed by atoms with Gasteiger partial charge in [-0.15, -0.1) is 0 Å². The zero-order valence-corrected chi connectivity index (χ0v) is 12.6. The van der Waals surface area contributed by atoms with Crippen molar-refractivity contribution in [3.63, 3.8) is 0 Å². The molecule has 6 heteroatoms. The normalized spacial score (nSPS) is 11.8. The number of hydrogen-bond donors (Lipinski definition) is 2. The Bertz CT molecular complexity index is 630. The van der Waals surface area contributed by atoms with Crippen LogP contribution in [-0.2, 0) is 0 Å². The van der Waals surface area contributed by atoms with Gasteiger partial charge in [-0.25, -0.2) is 10.8 Å². The van der Waals surface area contributed by atoms with Gasteiger partial charge in [-0.2, -0.15) is 0 Å². The second kappa shape index (κ2) is 6.56. The van der Waals surface area contributed by atoms with Gasteiger partial charge < -0.3 is 10.3 Å². The number of benzene rings is 1. The lowest BCUT2D eigenvalue weighted by Crippen LogP contribution is -2.29. The molecule has 3 N–H and O–H groups in total. The third-order valence-corrected chi connectivity index (χ3v) is 3.63. The maximum atomic E-state index is 12.4. The van der Waals surface area contributed by atoms with E-state index in [1.54, 1.807) is 24.1 Å². The number of aromatic nitrogens is 1. The number of carbonyl (C=O) groups is 1. The highest BCUT2D eigenvalue weighted by Gasteiger charge is 2.19. The first-order valence-corrected chi connectivity index (χ1v) is 6.86. The van der Waals surface area contributed by atoms with E-state index in [1.807, 2.05) is 31.2 Å². The molecule has 1 amide bonds. The van der Waals surface area contributed by atoms with Crippen molar-refractivity contribution in [3.8, 4) is 0 Å². The first-order chi connectivity index (χ1) is 10.0. The molecular weight excluding hydrogens is 288 g/mol. The molecule has 1 heterocycles. The van der Waals surface area contributed by atoms with E-state index >= 15 is 0 Å². The predicted octanol–water partition coefficient (Wildman–Crippen LogP) is 2.85. The molecule has 0 aliphatic heterocycles. The van der Waals surface area contributed by atoms with Crippen LogP contribution < -0.4 is 11.3 Å². The number of rotatable bonds is 4. The fourth-order valence-electron chi connectivity index (χ4n) is 1.98. The third-order valence-electron chi connectivity index (χ3n) is 3.39. The molecule has 0 saturated heterocycles. The monoisotopic (exact) mass is 304 g/mol. The van der Waals surface area contributed by atoms with Gasteiger partial charge in [-0.05, 0) is 36.8 Å². The Morgan fingerprint density at radius 2 is 2.14 bits per heavy atom. The number of nitrogens with zero attached hydrogens (tertiary/aromatic N) is 2. The number of halogens is 1. The molecule has 1 aromatic carbocycles. The number of amides is 1. The van der Waals surface area contributed by atoms with Crippen molar-refractivity contribution >= 4 is 23.3 Å². The van der Waals surface area contributed by atoms with Crippen molar-refractivity contribution in [1.82, 2.24) is 9.88 Å². The highest BCUT2D eigenvalue weighted by Crippen LogP contribution is 2.23. The molecule has 21 heavy (non-hydrogen) atoms. The minimum absolute atomic E-state index is 0.0940. The Labute approximate surface area is 128 Å². The van der Waals surface area contributed by atoms with Crippen molar-refractivity contribution in [3.05, 3.63) is 58.7 Å². The summed E-state index contributed by atoms with van der Waals surface area (Å²) < 4.78 is 0. The van der Waals surface area contributed by atoms with Crippen molar-refractivity contribution < 1.29 is 4.79 Å². The van der Waals surface area contributed by atoms with Gasteiger partial charge in [0.25, 0.3) is 5.91 Å². The second-order valence-corrected chi connectivity index (χ2v) is 5.16. The van der Waals surface area contributed by atoms with Crippen molar-refractivity contribution in [1.29, 1.82) is 0 Å². The molecule has 2 aromatic rings. The third kappa shape index (κ3) is 3.51. The topological polar surface area (TPSA) is 71.2 Å². The SMILES string of the molecule is CC(c1cccc(Cl)c1)N(C)C(=O)c1ccc(NN)nc1. The molecule has 110 valence electrons. The number of carbonyl (C=O) groups excluding carboxylic acids is 1. The largest absolute Gasteiger partial charge is 0.335 e. The first-order valence-electron chi connectivity index (χ1n) is 6.48. The van der Waals surface area contributed by atoms with E-state index in [1.165, 1.54) is 6.20 Å². The lowest BCUT2D eigenvalue weighted by atomic mass is 10.1.